The number of methoxy groups -OCH3 is 1. The molecular weight excluding hydrogens is 416 g/mol. The van der Waals surface area contributed by atoms with E-state index in [0.29, 0.717) is 47.3 Å². The summed E-state index contributed by atoms with van der Waals surface area (Å²) in [5, 5.41) is 4.11. The van der Waals surface area contributed by atoms with E-state index in [-0.39, 0.29) is 11.5 Å². The van der Waals surface area contributed by atoms with Crippen LogP contribution in [0, 0.1) is 0 Å². The van der Waals surface area contributed by atoms with Crippen LogP contribution in [-0.2, 0) is 6.42 Å². The molecule has 0 fully saturated rings. The van der Waals surface area contributed by atoms with Crippen molar-refractivity contribution in [2.45, 2.75) is 13.3 Å². The van der Waals surface area contributed by atoms with Crippen LogP contribution < -0.4 is 20.3 Å². The Balaban J connectivity index is 1.58. The molecule has 0 bridgehead atoms. The second-order valence-electron chi connectivity index (χ2n) is 7.54. The molecule has 168 valence electrons. The van der Waals surface area contributed by atoms with E-state index < -0.39 is 0 Å². The number of amides is 1. The van der Waals surface area contributed by atoms with Crippen molar-refractivity contribution in [3.63, 3.8) is 0 Å². The molecule has 1 amide bonds. The number of fused-ring (bicyclic) bond motifs is 1. The standard InChI is InChI=1S/C27H26N2O4/c1-3-33-22-12-8-19(9-13-22)16-17-28-26(30)25-18-29(20-10-14-21(32-2)15-11-20)27(31)24-7-5-4-6-23(24)25/h4-15,18H,3,16-17H2,1-2H3,(H,28,30). The monoisotopic (exact) mass is 442 g/mol. The fraction of sp³-hybridized carbons (Fsp3) is 0.185. The summed E-state index contributed by atoms with van der Waals surface area (Å²) in [7, 11) is 1.59. The number of carbonyl (C=O) groups is 1. The molecule has 0 aliphatic heterocycles. The second-order valence-corrected chi connectivity index (χ2v) is 7.54. The molecule has 0 saturated carbocycles. The van der Waals surface area contributed by atoms with Crippen LogP contribution in [0.4, 0.5) is 0 Å². The van der Waals surface area contributed by atoms with Crippen molar-refractivity contribution in [3.8, 4) is 17.2 Å². The lowest BCUT2D eigenvalue weighted by Crippen LogP contribution is -2.28. The Bertz CT molecular complexity index is 1310. The number of rotatable bonds is 8. The van der Waals surface area contributed by atoms with Gasteiger partial charge in [-0.3, -0.25) is 14.2 Å². The van der Waals surface area contributed by atoms with Crippen molar-refractivity contribution < 1.29 is 14.3 Å². The minimum absolute atomic E-state index is 0.179. The topological polar surface area (TPSA) is 69.6 Å². The van der Waals surface area contributed by atoms with Crippen LogP contribution in [0.5, 0.6) is 11.5 Å². The summed E-state index contributed by atoms with van der Waals surface area (Å²) in [5.74, 6) is 1.30. The molecule has 0 aliphatic carbocycles. The molecule has 4 rings (SSSR count). The van der Waals surface area contributed by atoms with Crippen LogP contribution in [0.15, 0.2) is 83.8 Å². The number of pyridine rings is 1. The van der Waals surface area contributed by atoms with Gasteiger partial charge < -0.3 is 14.8 Å². The summed E-state index contributed by atoms with van der Waals surface area (Å²) in [6.45, 7) is 3.05. The Morgan fingerprint density at radius 3 is 2.24 bits per heavy atom. The van der Waals surface area contributed by atoms with E-state index in [1.54, 1.807) is 55.8 Å². The molecule has 0 unspecified atom stereocenters. The first kappa shape index (κ1) is 22.1. The van der Waals surface area contributed by atoms with E-state index in [9.17, 15) is 9.59 Å². The Morgan fingerprint density at radius 2 is 1.58 bits per heavy atom. The summed E-state index contributed by atoms with van der Waals surface area (Å²) in [6, 6.07) is 22.2. The van der Waals surface area contributed by atoms with Crippen LogP contribution in [-0.4, -0.2) is 30.7 Å². The van der Waals surface area contributed by atoms with Gasteiger partial charge in [-0.2, -0.15) is 0 Å². The summed E-state index contributed by atoms with van der Waals surface area (Å²) < 4.78 is 12.2. The maximum absolute atomic E-state index is 13.1. The smallest absolute Gasteiger partial charge is 0.262 e. The Labute approximate surface area is 192 Å². The summed E-state index contributed by atoms with van der Waals surface area (Å²) in [5.41, 5.74) is 2.04. The zero-order chi connectivity index (χ0) is 23.2. The average Bonchev–Trinajstić information content (AvgIpc) is 2.86. The van der Waals surface area contributed by atoms with Crippen LogP contribution in [0.2, 0.25) is 0 Å². The lowest BCUT2D eigenvalue weighted by molar-refractivity contribution is 0.0955. The molecule has 0 spiro atoms. The van der Waals surface area contributed by atoms with E-state index in [4.69, 9.17) is 9.47 Å². The molecule has 3 aromatic carbocycles. The van der Waals surface area contributed by atoms with Crippen molar-refractivity contribution in [2.24, 2.45) is 0 Å². The first-order chi connectivity index (χ1) is 16.1. The lowest BCUT2D eigenvalue weighted by atomic mass is 10.1. The van der Waals surface area contributed by atoms with Gasteiger partial charge in [-0.15, -0.1) is 0 Å². The minimum Gasteiger partial charge on any atom is -0.497 e. The van der Waals surface area contributed by atoms with Gasteiger partial charge in [-0.25, -0.2) is 0 Å². The molecule has 1 N–H and O–H groups in total. The second kappa shape index (κ2) is 10.0. The number of nitrogens with one attached hydrogen (secondary N) is 1. The van der Waals surface area contributed by atoms with Gasteiger partial charge in [0.1, 0.15) is 11.5 Å². The van der Waals surface area contributed by atoms with Gasteiger partial charge in [-0.1, -0.05) is 30.3 Å². The Kier molecular flexibility index (Phi) is 6.74. The highest BCUT2D eigenvalue weighted by Crippen LogP contribution is 2.19. The minimum atomic E-state index is -0.223. The molecule has 4 aromatic rings. The van der Waals surface area contributed by atoms with Crippen LogP contribution in [0.1, 0.15) is 22.8 Å². The SMILES string of the molecule is CCOc1ccc(CCNC(=O)c2cn(-c3ccc(OC)cc3)c(=O)c3ccccc23)cc1. The number of carbonyl (C=O) groups excluding carboxylic acids is 1. The Hall–Kier alpha value is -4.06. The van der Waals surface area contributed by atoms with Crippen molar-refractivity contribution in [2.75, 3.05) is 20.3 Å². The van der Waals surface area contributed by atoms with Crippen molar-refractivity contribution in [1.29, 1.82) is 0 Å². The average molecular weight is 443 g/mol. The highest BCUT2D eigenvalue weighted by atomic mass is 16.5. The first-order valence-electron chi connectivity index (χ1n) is 10.9. The van der Waals surface area contributed by atoms with E-state index >= 15 is 0 Å². The van der Waals surface area contributed by atoms with Crippen LogP contribution >= 0.6 is 0 Å². The molecule has 0 atom stereocenters. The van der Waals surface area contributed by atoms with E-state index in [1.807, 2.05) is 37.3 Å². The van der Waals surface area contributed by atoms with Crippen molar-refractivity contribution >= 4 is 16.7 Å². The molecule has 0 saturated heterocycles. The number of ether oxygens (including phenoxy) is 2. The van der Waals surface area contributed by atoms with Crippen molar-refractivity contribution in [1.82, 2.24) is 9.88 Å². The Morgan fingerprint density at radius 1 is 0.909 bits per heavy atom. The van der Waals surface area contributed by atoms with Gasteiger partial charge >= 0.3 is 0 Å². The molecule has 6 nitrogen and oxygen atoms in total. The predicted molar refractivity (Wildman–Crippen MR) is 130 cm³/mol. The molecule has 0 radical (unpaired) electrons. The fourth-order valence-electron chi connectivity index (χ4n) is 3.74. The van der Waals surface area contributed by atoms with Gasteiger partial charge in [0.15, 0.2) is 0 Å². The first-order valence-corrected chi connectivity index (χ1v) is 10.9. The molecule has 1 aromatic heterocycles. The number of aromatic nitrogens is 1. The van der Waals surface area contributed by atoms with E-state index in [1.165, 1.54) is 4.57 Å². The van der Waals surface area contributed by atoms with Crippen LogP contribution in [0.25, 0.3) is 16.5 Å². The van der Waals surface area contributed by atoms with Gasteiger partial charge in [0, 0.05) is 29.2 Å². The van der Waals surface area contributed by atoms with E-state index in [0.717, 1.165) is 11.3 Å². The van der Waals surface area contributed by atoms with E-state index in [2.05, 4.69) is 5.32 Å². The zero-order valence-corrected chi connectivity index (χ0v) is 18.7. The van der Waals surface area contributed by atoms with Gasteiger partial charge in [0.25, 0.3) is 11.5 Å². The van der Waals surface area contributed by atoms with Crippen LogP contribution in [0.3, 0.4) is 0 Å². The van der Waals surface area contributed by atoms with Gasteiger partial charge in [0.05, 0.1) is 19.3 Å². The summed E-state index contributed by atoms with van der Waals surface area (Å²) in [6.07, 6.45) is 2.30. The molecule has 0 aliphatic rings. The van der Waals surface area contributed by atoms with Gasteiger partial charge in [0.2, 0.25) is 0 Å². The number of hydrogen-bond donors (Lipinski definition) is 1. The maximum Gasteiger partial charge on any atom is 0.262 e. The molecule has 6 heteroatoms. The summed E-state index contributed by atoms with van der Waals surface area (Å²) >= 11 is 0. The van der Waals surface area contributed by atoms with Gasteiger partial charge in [-0.05, 0) is 61.4 Å². The predicted octanol–water partition coefficient (Wildman–Crippen LogP) is 4.37. The normalized spacial score (nSPS) is 10.7. The third-order valence-electron chi connectivity index (χ3n) is 5.45. The largest absolute Gasteiger partial charge is 0.497 e. The highest BCUT2D eigenvalue weighted by Gasteiger charge is 2.15. The lowest BCUT2D eigenvalue weighted by Gasteiger charge is -2.13. The molecular formula is C27H26N2O4. The summed E-state index contributed by atoms with van der Waals surface area (Å²) in [4.78, 5) is 26.2. The highest BCUT2D eigenvalue weighted by molar-refractivity contribution is 6.06. The molecule has 33 heavy (non-hydrogen) atoms. The number of benzene rings is 3. The number of nitrogens with zero attached hydrogens (tertiary/aromatic N) is 1. The quantitative estimate of drug-likeness (QED) is 0.440. The third kappa shape index (κ3) is 4.90. The number of hydrogen-bond acceptors (Lipinski definition) is 4. The fourth-order valence-corrected chi connectivity index (χ4v) is 3.74. The maximum atomic E-state index is 13.1. The van der Waals surface area contributed by atoms with Crippen molar-refractivity contribution in [3.05, 3.63) is 100 Å². The zero-order valence-electron chi connectivity index (χ0n) is 18.7. The molecule has 1 heterocycles. The third-order valence-corrected chi connectivity index (χ3v) is 5.45.